The molecule has 118 valence electrons. The van der Waals surface area contributed by atoms with Crippen molar-refractivity contribution in [2.24, 2.45) is 5.92 Å². The summed E-state index contributed by atoms with van der Waals surface area (Å²) in [6, 6.07) is 7.03. The Morgan fingerprint density at radius 2 is 2.14 bits per heavy atom. The molecule has 2 rings (SSSR count). The Morgan fingerprint density at radius 3 is 2.81 bits per heavy atom. The fourth-order valence-electron chi connectivity index (χ4n) is 3.16. The molecule has 21 heavy (non-hydrogen) atoms. The van der Waals surface area contributed by atoms with Gasteiger partial charge in [-0.1, -0.05) is 26.0 Å². The first-order valence-electron chi connectivity index (χ1n) is 8.29. The summed E-state index contributed by atoms with van der Waals surface area (Å²) < 4.78 is 0. The van der Waals surface area contributed by atoms with Crippen LogP contribution in [0.5, 0.6) is 0 Å². The molecule has 0 saturated carbocycles. The highest BCUT2D eigenvalue weighted by atomic mass is 16.3. The summed E-state index contributed by atoms with van der Waals surface area (Å²) in [5.74, 6) is 0.684. The van der Waals surface area contributed by atoms with Crippen LogP contribution >= 0.6 is 0 Å². The van der Waals surface area contributed by atoms with Crippen LogP contribution in [0.25, 0.3) is 0 Å². The van der Waals surface area contributed by atoms with Gasteiger partial charge in [-0.3, -0.25) is 0 Å². The lowest BCUT2D eigenvalue weighted by Gasteiger charge is -2.37. The van der Waals surface area contributed by atoms with E-state index < -0.39 is 0 Å². The molecule has 1 saturated heterocycles. The van der Waals surface area contributed by atoms with Crippen molar-refractivity contribution in [3.05, 3.63) is 29.3 Å². The van der Waals surface area contributed by atoms with E-state index in [1.165, 1.54) is 29.7 Å². The van der Waals surface area contributed by atoms with E-state index in [1.54, 1.807) is 0 Å². The van der Waals surface area contributed by atoms with Crippen LogP contribution in [0.2, 0.25) is 0 Å². The molecule has 0 amide bonds. The molecule has 1 atom stereocenters. The van der Waals surface area contributed by atoms with E-state index in [0.29, 0.717) is 12.0 Å². The maximum absolute atomic E-state index is 9.58. The summed E-state index contributed by atoms with van der Waals surface area (Å²) in [7, 11) is 0. The summed E-state index contributed by atoms with van der Waals surface area (Å²) in [6.45, 7) is 9.96. The molecule has 2 N–H and O–H groups in total. The van der Waals surface area contributed by atoms with Crippen LogP contribution in [0.15, 0.2) is 18.2 Å². The normalized spacial score (nSPS) is 19.3. The summed E-state index contributed by atoms with van der Waals surface area (Å²) >= 11 is 0. The van der Waals surface area contributed by atoms with E-state index in [4.69, 9.17) is 0 Å². The minimum Gasteiger partial charge on any atom is -0.394 e. The number of aliphatic hydroxyl groups excluding tert-OH is 1. The third-order valence-corrected chi connectivity index (χ3v) is 4.29. The third kappa shape index (κ3) is 4.45. The number of nitrogens with one attached hydrogen (secondary N) is 1. The minimum absolute atomic E-state index is 0.261. The molecule has 1 unspecified atom stereocenters. The van der Waals surface area contributed by atoms with Crippen LogP contribution in [0, 0.1) is 12.8 Å². The monoisotopic (exact) mass is 290 g/mol. The molecule has 3 nitrogen and oxygen atoms in total. The molecule has 1 fully saturated rings. The number of benzene rings is 1. The first-order valence-corrected chi connectivity index (χ1v) is 8.29. The van der Waals surface area contributed by atoms with Crippen molar-refractivity contribution in [3.8, 4) is 0 Å². The van der Waals surface area contributed by atoms with E-state index in [-0.39, 0.29) is 6.61 Å². The van der Waals surface area contributed by atoms with Crippen LogP contribution < -0.4 is 10.2 Å². The van der Waals surface area contributed by atoms with E-state index >= 15 is 0 Å². The van der Waals surface area contributed by atoms with Crippen LogP contribution in [0.3, 0.4) is 0 Å². The van der Waals surface area contributed by atoms with Crippen molar-refractivity contribution in [2.45, 2.75) is 52.6 Å². The molecule has 0 radical (unpaired) electrons. The maximum Gasteiger partial charge on any atom is 0.0635 e. The molecule has 1 heterocycles. The van der Waals surface area contributed by atoms with E-state index in [1.807, 2.05) is 0 Å². The highest BCUT2D eigenvalue weighted by Crippen LogP contribution is 2.28. The number of aryl methyl sites for hydroxylation is 1. The topological polar surface area (TPSA) is 35.5 Å². The quantitative estimate of drug-likeness (QED) is 0.845. The summed E-state index contributed by atoms with van der Waals surface area (Å²) in [5, 5.41) is 13.1. The lowest BCUT2D eigenvalue weighted by Crippen LogP contribution is -2.42. The van der Waals surface area contributed by atoms with Gasteiger partial charge < -0.3 is 15.3 Å². The lowest BCUT2D eigenvalue weighted by molar-refractivity contribution is 0.240. The Kier molecular flexibility index (Phi) is 6.07. The second kappa shape index (κ2) is 7.81. The Hall–Kier alpha value is -1.06. The van der Waals surface area contributed by atoms with Crippen LogP contribution in [-0.2, 0) is 6.54 Å². The van der Waals surface area contributed by atoms with Gasteiger partial charge in [0.05, 0.1) is 12.6 Å². The molecule has 1 aliphatic heterocycles. The third-order valence-electron chi connectivity index (χ3n) is 4.29. The molecule has 0 spiro atoms. The Morgan fingerprint density at radius 1 is 1.33 bits per heavy atom. The zero-order valence-corrected chi connectivity index (χ0v) is 13.7. The van der Waals surface area contributed by atoms with Gasteiger partial charge >= 0.3 is 0 Å². The number of hydrogen-bond acceptors (Lipinski definition) is 3. The highest BCUT2D eigenvalue weighted by Gasteiger charge is 2.22. The second-order valence-corrected chi connectivity index (χ2v) is 6.67. The number of piperidine rings is 1. The number of rotatable bonds is 6. The van der Waals surface area contributed by atoms with Crippen molar-refractivity contribution >= 4 is 5.69 Å². The highest BCUT2D eigenvalue weighted by molar-refractivity contribution is 5.55. The van der Waals surface area contributed by atoms with Gasteiger partial charge in [0.25, 0.3) is 0 Å². The van der Waals surface area contributed by atoms with Gasteiger partial charge in [-0.25, -0.2) is 0 Å². The molecule has 3 heteroatoms. The van der Waals surface area contributed by atoms with E-state index in [2.05, 4.69) is 49.2 Å². The molecular weight excluding hydrogens is 260 g/mol. The Bertz CT molecular complexity index is 445. The van der Waals surface area contributed by atoms with Crippen molar-refractivity contribution < 1.29 is 5.11 Å². The van der Waals surface area contributed by atoms with Gasteiger partial charge in [-0.15, -0.1) is 0 Å². The smallest absolute Gasteiger partial charge is 0.0635 e. The maximum atomic E-state index is 9.58. The standard InChI is InChI=1S/C18H30N2O/c1-14(2)11-19-12-16-7-8-18(15(3)10-16)20-9-5-4-6-17(20)13-21/h7-8,10,14,17,19,21H,4-6,9,11-13H2,1-3H3. The molecule has 1 aromatic rings. The Labute approximate surface area is 129 Å². The average Bonchev–Trinajstić information content (AvgIpc) is 2.47. The van der Waals surface area contributed by atoms with Crippen molar-refractivity contribution in [2.75, 3.05) is 24.6 Å². The average molecular weight is 290 g/mol. The van der Waals surface area contributed by atoms with Gasteiger partial charge in [-0.2, -0.15) is 0 Å². The van der Waals surface area contributed by atoms with Gasteiger partial charge in [0.1, 0.15) is 0 Å². The van der Waals surface area contributed by atoms with Crippen LogP contribution in [-0.4, -0.2) is 30.8 Å². The zero-order valence-electron chi connectivity index (χ0n) is 13.7. The van der Waals surface area contributed by atoms with Gasteiger partial charge in [-0.05, 0) is 55.8 Å². The first-order chi connectivity index (χ1) is 10.1. The zero-order chi connectivity index (χ0) is 15.2. The fourth-order valence-corrected chi connectivity index (χ4v) is 3.16. The van der Waals surface area contributed by atoms with Crippen LogP contribution in [0.1, 0.15) is 44.2 Å². The minimum atomic E-state index is 0.261. The number of aliphatic hydroxyl groups is 1. The van der Waals surface area contributed by atoms with E-state index in [0.717, 1.165) is 26.1 Å². The summed E-state index contributed by atoms with van der Waals surface area (Å²) in [6.07, 6.45) is 3.57. The first kappa shape index (κ1) is 16.3. The van der Waals surface area contributed by atoms with E-state index in [9.17, 15) is 5.11 Å². The largest absolute Gasteiger partial charge is 0.394 e. The van der Waals surface area contributed by atoms with Crippen LogP contribution in [0.4, 0.5) is 5.69 Å². The number of hydrogen-bond donors (Lipinski definition) is 2. The predicted molar refractivity (Wildman–Crippen MR) is 89.8 cm³/mol. The summed E-state index contributed by atoms with van der Waals surface area (Å²) in [5.41, 5.74) is 3.95. The second-order valence-electron chi connectivity index (χ2n) is 6.67. The summed E-state index contributed by atoms with van der Waals surface area (Å²) in [4.78, 5) is 2.39. The van der Waals surface area contributed by atoms with Gasteiger partial charge in [0.2, 0.25) is 0 Å². The molecule has 0 bridgehead atoms. The van der Waals surface area contributed by atoms with Crippen molar-refractivity contribution in [1.29, 1.82) is 0 Å². The lowest BCUT2D eigenvalue weighted by atomic mass is 9.99. The number of nitrogens with zero attached hydrogens (tertiary/aromatic N) is 1. The molecule has 1 aromatic carbocycles. The number of anilines is 1. The van der Waals surface area contributed by atoms with Gasteiger partial charge in [0, 0.05) is 18.8 Å². The Balaban J connectivity index is 2.04. The molecule has 0 aliphatic carbocycles. The molecular formula is C18H30N2O. The molecule has 1 aliphatic rings. The van der Waals surface area contributed by atoms with Crippen molar-refractivity contribution in [3.63, 3.8) is 0 Å². The predicted octanol–water partition coefficient (Wildman–Crippen LogP) is 3.09. The fraction of sp³-hybridized carbons (Fsp3) is 0.667. The SMILES string of the molecule is Cc1cc(CNCC(C)C)ccc1N1CCCCC1CO. The molecule has 0 aromatic heterocycles. The van der Waals surface area contributed by atoms with Gasteiger partial charge in [0.15, 0.2) is 0 Å². The van der Waals surface area contributed by atoms with Crippen molar-refractivity contribution in [1.82, 2.24) is 5.32 Å².